The first-order valence-corrected chi connectivity index (χ1v) is 8.95. The van der Waals surface area contributed by atoms with Crippen LogP contribution in [0.4, 0.5) is 14.5 Å². The Labute approximate surface area is 161 Å². The van der Waals surface area contributed by atoms with Crippen molar-refractivity contribution < 1.29 is 18.3 Å². The van der Waals surface area contributed by atoms with E-state index in [9.17, 15) is 13.6 Å². The molecule has 0 saturated carbocycles. The molecule has 0 bridgehead atoms. The van der Waals surface area contributed by atoms with Crippen LogP contribution in [0.3, 0.4) is 0 Å². The van der Waals surface area contributed by atoms with Crippen LogP contribution in [0.5, 0.6) is 5.75 Å². The maximum Gasteiger partial charge on any atom is 0.387 e. The molecule has 28 heavy (non-hydrogen) atoms. The number of thiazole rings is 1. The number of ether oxygens (including phenoxy) is 1. The molecular formula is C19H12F2N4O2S. The number of anilines is 1. The van der Waals surface area contributed by atoms with E-state index < -0.39 is 12.5 Å². The normalized spacial score (nSPS) is 11.0. The Kier molecular flexibility index (Phi) is 4.90. The van der Waals surface area contributed by atoms with Crippen LogP contribution in [0, 0.1) is 0 Å². The van der Waals surface area contributed by atoms with Gasteiger partial charge in [-0.05, 0) is 36.4 Å². The van der Waals surface area contributed by atoms with E-state index in [1.54, 1.807) is 0 Å². The molecule has 4 rings (SSSR count). The smallest absolute Gasteiger partial charge is 0.387 e. The summed E-state index contributed by atoms with van der Waals surface area (Å²) in [5.41, 5.74) is 1.72. The van der Waals surface area contributed by atoms with Gasteiger partial charge < -0.3 is 10.1 Å². The molecule has 0 aliphatic heterocycles. The lowest BCUT2D eigenvalue weighted by Crippen LogP contribution is -2.15. The SMILES string of the molecule is O=C(Nc1ccc(OC(F)F)cc1)c1nccnc1-c1nc2ccccc2s1. The average molecular weight is 398 g/mol. The number of nitrogens with zero attached hydrogens (tertiary/aromatic N) is 3. The Morgan fingerprint density at radius 1 is 1.04 bits per heavy atom. The molecule has 9 heteroatoms. The van der Waals surface area contributed by atoms with Crippen LogP contribution < -0.4 is 10.1 Å². The van der Waals surface area contributed by atoms with Gasteiger partial charge in [-0.1, -0.05) is 12.1 Å². The summed E-state index contributed by atoms with van der Waals surface area (Å²) >= 11 is 1.41. The fourth-order valence-corrected chi connectivity index (χ4v) is 3.51. The van der Waals surface area contributed by atoms with E-state index in [1.807, 2.05) is 24.3 Å². The number of hydrogen-bond donors (Lipinski definition) is 1. The lowest BCUT2D eigenvalue weighted by atomic mass is 10.2. The Morgan fingerprint density at radius 3 is 2.54 bits per heavy atom. The maximum atomic E-state index is 12.7. The molecule has 0 saturated heterocycles. The van der Waals surface area contributed by atoms with E-state index >= 15 is 0 Å². The van der Waals surface area contributed by atoms with E-state index in [0.717, 1.165) is 10.2 Å². The lowest BCUT2D eigenvalue weighted by molar-refractivity contribution is -0.0498. The Balaban J connectivity index is 1.60. The number of para-hydroxylation sites is 1. The van der Waals surface area contributed by atoms with E-state index in [4.69, 9.17) is 0 Å². The molecule has 2 aromatic carbocycles. The Hall–Kier alpha value is -3.46. The van der Waals surface area contributed by atoms with Crippen molar-refractivity contribution in [3.63, 3.8) is 0 Å². The van der Waals surface area contributed by atoms with Gasteiger partial charge >= 0.3 is 6.61 Å². The van der Waals surface area contributed by atoms with Gasteiger partial charge in [-0.2, -0.15) is 8.78 Å². The number of alkyl halides is 2. The second kappa shape index (κ2) is 7.65. The summed E-state index contributed by atoms with van der Waals surface area (Å²) < 4.78 is 29.7. The molecule has 4 aromatic rings. The van der Waals surface area contributed by atoms with Gasteiger partial charge in [0.1, 0.15) is 16.5 Å². The molecule has 0 aliphatic rings. The summed E-state index contributed by atoms with van der Waals surface area (Å²) in [7, 11) is 0. The molecule has 2 heterocycles. The van der Waals surface area contributed by atoms with Gasteiger partial charge in [0, 0.05) is 18.1 Å². The highest BCUT2D eigenvalue weighted by Crippen LogP contribution is 2.30. The minimum Gasteiger partial charge on any atom is -0.435 e. The number of nitrogens with one attached hydrogen (secondary N) is 1. The molecule has 1 N–H and O–H groups in total. The van der Waals surface area contributed by atoms with Crippen molar-refractivity contribution in [2.75, 3.05) is 5.32 Å². The molecule has 6 nitrogen and oxygen atoms in total. The molecule has 0 spiro atoms. The fraction of sp³-hybridized carbons (Fsp3) is 0.0526. The zero-order chi connectivity index (χ0) is 19.5. The zero-order valence-electron chi connectivity index (χ0n) is 14.2. The van der Waals surface area contributed by atoms with Gasteiger partial charge in [0.25, 0.3) is 5.91 Å². The number of amides is 1. The first-order valence-electron chi connectivity index (χ1n) is 8.13. The van der Waals surface area contributed by atoms with Gasteiger partial charge in [0.15, 0.2) is 5.69 Å². The third-order valence-electron chi connectivity index (χ3n) is 3.75. The van der Waals surface area contributed by atoms with E-state index in [2.05, 4.69) is 25.0 Å². The van der Waals surface area contributed by atoms with Crippen LogP contribution in [0.1, 0.15) is 10.5 Å². The molecule has 2 aromatic heterocycles. The quantitative estimate of drug-likeness (QED) is 0.531. The lowest BCUT2D eigenvalue weighted by Gasteiger charge is -2.08. The van der Waals surface area contributed by atoms with Crippen LogP contribution in [-0.4, -0.2) is 27.5 Å². The third-order valence-corrected chi connectivity index (χ3v) is 4.79. The topological polar surface area (TPSA) is 77.0 Å². The van der Waals surface area contributed by atoms with Gasteiger partial charge in [0.05, 0.1) is 10.2 Å². The average Bonchev–Trinajstić information content (AvgIpc) is 3.13. The molecular weight excluding hydrogens is 386 g/mol. The molecule has 1 amide bonds. The van der Waals surface area contributed by atoms with Crippen LogP contribution in [-0.2, 0) is 0 Å². The van der Waals surface area contributed by atoms with Gasteiger partial charge in [0.2, 0.25) is 0 Å². The van der Waals surface area contributed by atoms with Gasteiger partial charge in [-0.15, -0.1) is 11.3 Å². The minimum atomic E-state index is -2.91. The minimum absolute atomic E-state index is 0.00247. The van der Waals surface area contributed by atoms with Gasteiger partial charge in [-0.25, -0.2) is 15.0 Å². The Morgan fingerprint density at radius 2 is 1.79 bits per heavy atom. The summed E-state index contributed by atoms with van der Waals surface area (Å²) in [5, 5.41) is 3.26. The molecule has 0 unspecified atom stereocenters. The van der Waals surface area contributed by atoms with Gasteiger partial charge in [-0.3, -0.25) is 4.79 Å². The number of aromatic nitrogens is 3. The number of halogens is 2. The first kappa shape index (κ1) is 17.9. The summed E-state index contributed by atoms with van der Waals surface area (Å²) in [6.45, 7) is -2.91. The Bertz CT molecular complexity index is 1100. The van der Waals surface area contributed by atoms with Crippen molar-refractivity contribution in [1.29, 1.82) is 0 Å². The van der Waals surface area contributed by atoms with Crippen molar-refractivity contribution in [3.05, 3.63) is 66.6 Å². The monoisotopic (exact) mass is 398 g/mol. The molecule has 0 atom stereocenters. The van der Waals surface area contributed by atoms with Crippen LogP contribution in [0.15, 0.2) is 60.9 Å². The second-order valence-electron chi connectivity index (χ2n) is 5.60. The standard InChI is InChI=1S/C19H12F2N4O2S/c20-19(21)27-12-7-5-11(6-8-12)24-17(26)15-16(23-10-9-22-15)18-25-13-3-1-2-4-14(13)28-18/h1-10,19H,(H,24,26). The van der Waals surface area contributed by atoms with Crippen molar-refractivity contribution in [2.45, 2.75) is 6.61 Å². The third kappa shape index (κ3) is 3.79. The number of fused-ring (bicyclic) bond motifs is 1. The first-order chi connectivity index (χ1) is 13.6. The molecule has 0 radical (unpaired) electrons. The van der Waals surface area contributed by atoms with E-state index in [-0.39, 0.29) is 11.4 Å². The largest absolute Gasteiger partial charge is 0.435 e. The number of carbonyl (C=O) groups excluding carboxylic acids is 1. The molecule has 0 fully saturated rings. The van der Waals surface area contributed by atoms with E-state index in [0.29, 0.717) is 16.4 Å². The van der Waals surface area contributed by atoms with Crippen LogP contribution >= 0.6 is 11.3 Å². The maximum absolute atomic E-state index is 12.7. The molecule has 0 aliphatic carbocycles. The predicted molar refractivity (Wildman–Crippen MR) is 102 cm³/mol. The summed E-state index contributed by atoms with van der Waals surface area (Å²) in [5.74, 6) is -0.479. The summed E-state index contributed by atoms with van der Waals surface area (Å²) in [4.78, 5) is 25.6. The van der Waals surface area contributed by atoms with Crippen molar-refractivity contribution in [3.8, 4) is 16.5 Å². The number of rotatable bonds is 5. The number of carbonyl (C=O) groups is 1. The van der Waals surface area contributed by atoms with Crippen molar-refractivity contribution in [1.82, 2.24) is 15.0 Å². The summed E-state index contributed by atoms with van der Waals surface area (Å²) in [6.07, 6.45) is 2.92. The van der Waals surface area contributed by atoms with Crippen molar-refractivity contribution in [2.24, 2.45) is 0 Å². The van der Waals surface area contributed by atoms with E-state index in [1.165, 1.54) is 48.0 Å². The number of benzene rings is 2. The number of hydrogen-bond acceptors (Lipinski definition) is 6. The highest BCUT2D eigenvalue weighted by Gasteiger charge is 2.19. The molecule has 140 valence electrons. The van der Waals surface area contributed by atoms with Crippen LogP contribution in [0.2, 0.25) is 0 Å². The predicted octanol–water partition coefficient (Wildman–Crippen LogP) is 4.61. The van der Waals surface area contributed by atoms with Crippen molar-refractivity contribution >= 4 is 33.1 Å². The second-order valence-corrected chi connectivity index (χ2v) is 6.63. The zero-order valence-corrected chi connectivity index (χ0v) is 15.0. The highest BCUT2D eigenvalue weighted by molar-refractivity contribution is 7.21. The van der Waals surface area contributed by atoms with Crippen LogP contribution in [0.25, 0.3) is 20.9 Å². The highest BCUT2D eigenvalue weighted by atomic mass is 32.1. The summed E-state index contributed by atoms with van der Waals surface area (Å²) in [6, 6.07) is 13.2. The fourth-order valence-electron chi connectivity index (χ4n) is 2.54.